The van der Waals surface area contributed by atoms with Gasteiger partial charge in [0.25, 0.3) is 0 Å². The molecule has 0 bridgehead atoms. The van der Waals surface area contributed by atoms with Gasteiger partial charge in [-0.05, 0) is 108 Å². The van der Waals surface area contributed by atoms with Crippen molar-refractivity contribution in [2.45, 2.75) is 48.5 Å². The van der Waals surface area contributed by atoms with Crippen LogP contribution in [0.2, 0.25) is 0 Å². The summed E-state index contributed by atoms with van der Waals surface area (Å²) in [6.07, 6.45) is 8.11. The third-order valence-electron chi connectivity index (χ3n) is 15.0. The summed E-state index contributed by atoms with van der Waals surface area (Å²) in [5.41, 5.74) is 19.5. The number of hydrogen-bond acceptors (Lipinski definition) is 14. The fourth-order valence-corrected chi connectivity index (χ4v) is 10.1. The monoisotopic (exact) mass is 1320 g/mol. The maximum absolute atomic E-state index is 4.77. The van der Waals surface area contributed by atoms with Gasteiger partial charge in [0.2, 0.25) is 0 Å². The Labute approximate surface area is 591 Å². The zero-order chi connectivity index (χ0) is 70.2. The smallest absolute Gasteiger partial charge is 0.162 e. The van der Waals surface area contributed by atoms with Gasteiger partial charge in [0.1, 0.15) is 42.3 Å². The van der Waals surface area contributed by atoms with Crippen molar-refractivity contribution < 1.29 is 0 Å². The highest BCUT2D eigenvalue weighted by molar-refractivity contribution is 5.77. The molecule has 101 heavy (non-hydrogen) atoms. The lowest BCUT2D eigenvalue weighted by molar-refractivity contribution is 0.974. The van der Waals surface area contributed by atoms with E-state index in [0.717, 1.165) is 125 Å². The molecule has 16 rings (SSSR count). The summed E-state index contributed by atoms with van der Waals surface area (Å²) in [4.78, 5) is 58.7. The minimum Gasteiger partial charge on any atom is -0.253 e. The number of aryl methyl sites for hydroxylation is 7. The van der Waals surface area contributed by atoms with Gasteiger partial charge < -0.3 is 0 Å². The molecule has 9 aromatic carbocycles. The van der Waals surface area contributed by atoms with E-state index in [1.165, 1.54) is 35.7 Å². The number of benzene rings is 9. The fraction of sp³-hybridized carbons (Fsp3) is 0.0805. The minimum absolute atomic E-state index is 0.730. The van der Waals surface area contributed by atoms with Crippen molar-refractivity contribution in [1.29, 1.82) is 0 Å². The zero-order valence-corrected chi connectivity index (χ0v) is 57.5. The van der Waals surface area contributed by atoms with Crippen LogP contribution in [0.5, 0.6) is 0 Å². The Morgan fingerprint density at radius 1 is 0.218 bits per heavy atom. The highest BCUT2D eigenvalue weighted by atomic mass is 15.0. The maximum Gasteiger partial charge on any atom is 0.162 e. The van der Waals surface area contributed by atoms with Gasteiger partial charge in [-0.15, -0.1) is 0 Å². The molecule has 0 radical (unpaired) electrons. The van der Waals surface area contributed by atoms with E-state index < -0.39 is 0 Å². The number of pyridine rings is 2. The first-order valence-electron chi connectivity index (χ1n) is 32.9. The van der Waals surface area contributed by atoms with Crippen molar-refractivity contribution in [3.8, 4) is 90.2 Å². The second-order valence-corrected chi connectivity index (χ2v) is 23.0. The summed E-state index contributed by atoms with van der Waals surface area (Å²) < 4.78 is 0. The molecule has 0 saturated heterocycles. The van der Waals surface area contributed by atoms with Crippen LogP contribution in [0, 0.1) is 48.5 Å². The molecular weight excluding hydrogens is 1240 g/mol. The van der Waals surface area contributed by atoms with E-state index in [1.54, 1.807) is 6.20 Å². The quantitative estimate of drug-likeness (QED) is 0.140. The van der Waals surface area contributed by atoms with Gasteiger partial charge in [-0.2, -0.15) is 0 Å². The van der Waals surface area contributed by atoms with E-state index in [1.807, 2.05) is 254 Å². The first-order chi connectivity index (χ1) is 49.5. The molecule has 0 atom stereocenters. The second kappa shape index (κ2) is 37.3. The lowest BCUT2D eigenvalue weighted by Crippen LogP contribution is -1.94. The molecule has 0 N–H and O–H groups in total. The Balaban J connectivity index is 0.000000129. The van der Waals surface area contributed by atoms with Crippen LogP contribution in [0.15, 0.2) is 335 Å². The third kappa shape index (κ3) is 22.4. The van der Waals surface area contributed by atoms with Gasteiger partial charge in [0.05, 0.1) is 34.0 Å². The third-order valence-corrected chi connectivity index (χ3v) is 15.0. The maximum atomic E-state index is 4.77. The molecule has 0 aliphatic carbocycles. The summed E-state index contributed by atoms with van der Waals surface area (Å²) >= 11 is 0. The highest BCUT2D eigenvalue weighted by Gasteiger charge is 2.09. The SMILES string of the molecule is Cc1cc(-c2ccccc2)cc(-c2ccccc2)n1.Cc1cc(-c2ccccc2)nc(-c2ccccc2)c1.Cc1cc(-c2ccccc2)nc(-c2ccccc2)n1.Cc1ncc2ccccc2n1.Cc1nccc(-c2ccccc2)n1.Cc1ncnc(-c2ccccc2)n1.Cc1ncncn1. The van der Waals surface area contributed by atoms with E-state index >= 15 is 0 Å². The average molecular weight is 1320 g/mol. The molecule has 0 aliphatic heterocycles. The average Bonchev–Trinajstić information content (AvgIpc) is 0.874. The summed E-state index contributed by atoms with van der Waals surface area (Å²) in [7, 11) is 0. The number of aromatic nitrogens is 14. The Bertz CT molecular complexity index is 4560. The van der Waals surface area contributed by atoms with Gasteiger partial charge in [0.15, 0.2) is 11.6 Å². The molecule has 16 aromatic rings. The predicted octanol–water partition coefficient (Wildman–Crippen LogP) is 20.0. The summed E-state index contributed by atoms with van der Waals surface area (Å²) in [5.74, 6) is 4.64. The Morgan fingerprint density at radius 3 is 1.09 bits per heavy atom. The fourth-order valence-electron chi connectivity index (χ4n) is 10.1. The van der Waals surface area contributed by atoms with E-state index in [2.05, 4.69) is 169 Å². The van der Waals surface area contributed by atoms with Gasteiger partial charge in [0, 0.05) is 68.1 Å². The number of hydrogen-bond donors (Lipinski definition) is 0. The Morgan fingerprint density at radius 2 is 0.614 bits per heavy atom. The lowest BCUT2D eigenvalue weighted by atomic mass is 10.0. The van der Waals surface area contributed by atoms with E-state index in [9.17, 15) is 0 Å². The predicted molar refractivity (Wildman–Crippen MR) is 408 cm³/mol. The normalized spacial score (nSPS) is 10.1. The van der Waals surface area contributed by atoms with Gasteiger partial charge in [-0.25, -0.2) is 64.8 Å². The first kappa shape index (κ1) is 70.6. The molecular formula is C87H76N14. The summed E-state index contributed by atoms with van der Waals surface area (Å²) in [6, 6.07) is 102. The van der Waals surface area contributed by atoms with Gasteiger partial charge >= 0.3 is 0 Å². The standard InChI is InChI=1S/2C18H15N.C17H14N2.C11H10N2.C10H9N3.C9H8N2.C4H5N3/c1-14-12-17(15-8-4-2-5-9-15)13-18(19-14)16-10-6-3-7-11-16;1-14-12-17(15-8-4-2-5-9-15)19-18(13-14)16-10-6-3-7-11-16;1-13-12-16(14-8-4-2-5-9-14)19-17(18-13)15-10-6-3-7-11-15;1-9-12-8-7-11(13-9)10-5-3-2-4-6-10;1-8-11-7-12-10(13-8)9-5-3-2-4-6-9;1-7-10-6-8-4-2-3-5-9(8)11-7;1-4-6-2-5-3-7-4/h2*2-13H,1H3;2-12H,1H3;2-8H,1H3;2-7H,1H3;2-6H,1H3;2-3H,1H3. The molecule has 0 unspecified atom stereocenters. The van der Waals surface area contributed by atoms with Crippen molar-refractivity contribution in [2.75, 3.05) is 0 Å². The van der Waals surface area contributed by atoms with Gasteiger partial charge in [-0.3, -0.25) is 4.98 Å². The molecule has 0 spiro atoms. The van der Waals surface area contributed by atoms with Gasteiger partial charge in [-0.1, -0.05) is 261 Å². The van der Waals surface area contributed by atoms with Crippen molar-refractivity contribution in [3.05, 3.63) is 375 Å². The Kier molecular flexibility index (Phi) is 26.1. The van der Waals surface area contributed by atoms with E-state index in [0.29, 0.717) is 0 Å². The second-order valence-electron chi connectivity index (χ2n) is 23.0. The van der Waals surface area contributed by atoms with Crippen LogP contribution >= 0.6 is 0 Å². The van der Waals surface area contributed by atoms with Crippen LogP contribution in [0.4, 0.5) is 0 Å². The zero-order valence-electron chi connectivity index (χ0n) is 57.5. The number of rotatable bonds is 8. The van der Waals surface area contributed by atoms with Crippen molar-refractivity contribution in [3.63, 3.8) is 0 Å². The van der Waals surface area contributed by atoms with Crippen LogP contribution in [0.3, 0.4) is 0 Å². The highest BCUT2D eigenvalue weighted by Crippen LogP contribution is 2.28. The van der Waals surface area contributed by atoms with Crippen LogP contribution in [0.25, 0.3) is 101 Å². The van der Waals surface area contributed by atoms with Crippen LogP contribution < -0.4 is 0 Å². The number of fused-ring (bicyclic) bond motifs is 1. The Hall–Kier alpha value is -13.2. The van der Waals surface area contributed by atoms with E-state index in [4.69, 9.17) is 4.98 Å². The summed E-state index contributed by atoms with van der Waals surface area (Å²) in [5, 5.41) is 1.10. The molecule has 494 valence electrons. The lowest BCUT2D eigenvalue weighted by Gasteiger charge is -2.07. The van der Waals surface area contributed by atoms with Crippen LogP contribution in [-0.4, -0.2) is 69.8 Å². The molecule has 0 fully saturated rings. The topological polar surface area (TPSA) is 180 Å². The molecule has 14 heteroatoms. The molecule has 0 saturated carbocycles. The largest absolute Gasteiger partial charge is 0.253 e. The molecule has 7 aromatic heterocycles. The first-order valence-corrected chi connectivity index (χ1v) is 32.9. The van der Waals surface area contributed by atoms with Crippen molar-refractivity contribution in [1.82, 2.24) is 69.8 Å². The van der Waals surface area contributed by atoms with E-state index in [-0.39, 0.29) is 0 Å². The molecule has 0 aliphatic rings. The van der Waals surface area contributed by atoms with Crippen LogP contribution in [0.1, 0.15) is 40.2 Å². The number of para-hydroxylation sites is 1. The van der Waals surface area contributed by atoms with Crippen molar-refractivity contribution >= 4 is 10.9 Å². The molecule has 0 amide bonds. The van der Waals surface area contributed by atoms with Crippen LogP contribution in [-0.2, 0) is 0 Å². The molecule has 14 nitrogen and oxygen atoms in total. The number of nitrogens with zero attached hydrogens (tertiary/aromatic N) is 14. The minimum atomic E-state index is 0.730. The summed E-state index contributed by atoms with van der Waals surface area (Å²) in [6.45, 7) is 13.6. The van der Waals surface area contributed by atoms with Crippen molar-refractivity contribution in [2.24, 2.45) is 0 Å². The molecule has 7 heterocycles.